The number of benzene rings is 7. The number of hydrogen-bond acceptors (Lipinski definition) is 3. The summed E-state index contributed by atoms with van der Waals surface area (Å²) in [5, 5.41) is 9.42. The lowest BCUT2D eigenvalue weighted by molar-refractivity contribution is 0.563. The number of nitrogens with zero attached hydrogens (tertiary/aromatic N) is 3. The third-order valence-electron chi connectivity index (χ3n) is 11.6. The third-order valence-corrected chi connectivity index (χ3v) is 11.6. The van der Waals surface area contributed by atoms with E-state index in [-0.39, 0.29) is 5.41 Å². The Labute approximate surface area is 315 Å². The second-order valence-electron chi connectivity index (χ2n) is 14.8. The van der Waals surface area contributed by atoms with Gasteiger partial charge in [0.15, 0.2) is 5.82 Å². The van der Waals surface area contributed by atoms with E-state index < -0.39 is 5.41 Å². The smallest absolute Gasteiger partial charge is 0.160 e. The molecule has 0 saturated heterocycles. The van der Waals surface area contributed by atoms with Crippen LogP contribution in [0, 0.1) is 11.3 Å². The quantitative estimate of drug-likeness (QED) is 0.185. The molecule has 254 valence electrons. The topological polar surface area (TPSA) is 49.6 Å². The van der Waals surface area contributed by atoms with Gasteiger partial charge in [-0.15, -0.1) is 0 Å². The van der Waals surface area contributed by atoms with Gasteiger partial charge in [0.2, 0.25) is 0 Å². The summed E-state index contributed by atoms with van der Waals surface area (Å²) in [6.45, 7) is 4.73. The highest BCUT2D eigenvalue weighted by molar-refractivity contribution is 5.97. The first-order chi connectivity index (χ1) is 26.5. The molecule has 0 saturated carbocycles. The van der Waals surface area contributed by atoms with Gasteiger partial charge in [-0.05, 0) is 79.9 Å². The molecule has 1 spiro atoms. The van der Waals surface area contributed by atoms with E-state index in [1.807, 2.05) is 54.6 Å². The van der Waals surface area contributed by atoms with Crippen molar-refractivity contribution in [2.24, 2.45) is 0 Å². The number of hydrogen-bond donors (Lipinski definition) is 0. The maximum atomic E-state index is 9.42. The van der Waals surface area contributed by atoms with Crippen LogP contribution in [0.2, 0.25) is 0 Å². The fraction of sp³-hybridized carbons (Fsp3) is 0.0784. The lowest BCUT2D eigenvalue weighted by atomic mass is 9.55. The number of fused-ring (bicyclic) bond motifs is 9. The first kappa shape index (κ1) is 31.8. The van der Waals surface area contributed by atoms with Crippen LogP contribution in [0.25, 0.3) is 56.2 Å². The molecule has 54 heavy (non-hydrogen) atoms. The molecule has 0 N–H and O–H groups in total. The Morgan fingerprint density at radius 3 is 1.63 bits per heavy atom. The number of aromatic nitrogens is 2. The van der Waals surface area contributed by atoms with Gasteiger partial charge in [-0.3, -0.25) is 0 Å². The summed E-state index contributed by atoms with van der Waals surface area (Å²) in [6, 6.07) is 64.8. The van der Waals surface area contributed by atoms with E-state index >= 15 is 0 Å². The average molecular weight is 690 g/mol. The van der Waals surface area contributed by atoms with Crippen LogP contribution in [0.5, 0.6) is 0 Å². The van der Waals surface area contributed by atoms with Gasteiger partial charge in [0.05, 0.1) is 28.4 Å². The Morgan fingerprint density at radius 1 is 0.426 bits per heavy atom. The van der Waals surface area contributed by atoms with Crippen LogP contribution in [-0.2, 0) is 10.8 Å². The molecule has 1 heterocycles. The van der Waals surface area contributed by atoms with E-state index in [2.05, 4.69) is 141 Å². The van der Waals surface area contributed by atoms with Crippen LogP contribution in [0.1, 0.15) is 52.8 Å². The molecule has 2 aliphatic carbocycles. The monoisotopic (exact) mass is 689 g/mol. The van der Waals surface area contributed by atoms with Gasteiger partial charge in [-0.2, -0.15) is 5.26 Å². The summed E-state index contributed by atoms with van der Waals surface area (Å²) >= 11 is 0. The van der Waals surface area contributed by atoms with E-state index in [1.165, 1.54) is 50.1 Å². The predicted octanol–water partition coefficient (Wildman–Crippen LogP) is 12.0. The zero-order valence-corrected chi connectivity index (χ0v) is 30.1. The summed E-state index contributed by atoms with van der Waals surface area (Å²) in [6.07, 6.45) is 0. The van der Waals surface area contributed by atoms with Crippen LogP contribution < -0.4 is 0 Å². The average Bonchev–Trinajstić information content (AvgIpc) is 3.54. The molecule has 3 nitrogen and oxygen atoms in total. The highest BCUT2D eigenvalue weighted by atomic mass is 14.9. The molecule has 3 heteroatoms. The maximum Gasteiger partial charge on any atom is 0.160 e. The lowest BCUT2D eigenvalue weighted by Gasteiger charge is -2.46. The molecule has 2 aliphatic rings. The molecule has 0 fully saturated rings. The molecule has 0 aliphatic heterocycles. The summed E-state index contributed by atoms with van der Waals surface area (Å²) in [4.78, 5) is 10.2. The summed E-state index contributed by atoms with van der Waals surface area (Å²) in [5.41, 5.74) is 17.5. The van der Waals surface area contributed by atoms with Crippen molar-refractivity contribution in [1.29, 1.82) is 5.26 Å². The van der Waals surface area contributed by atoms with E-state index in [0.29, 0.717) is 11.4 Å². The fourth-order valence-corrected chi connectivity index (χ4v) is 9.17. The Bertz CT molecular complexity index is 2760. The molecule has 0 bridgehead atoms. The zero-order chi connectivity index (χ0) is 36.4. The molecule has 8 aromatic rings. The van der Waals surface area contributed by atoms with E-state index in [0.717, 1.165) is 33.6 Å². The van der Waals surface area contributed by atoms with Gasteiger partial charge in [0.1, 0.15) is 0 Å². The zero-order valence-electron chi connectivity index (χ0n) is 30.1. The number of nitriles is 1. The standard InChI is InChI=1S/C51H35N3/c1-50(2)41-21-8-10-23-43(41)51(44-24-11-9-22-42(44)50)40-20-7-6-18-39(40)48-38(19-13-25-45(48)51)36-16-12-17-37(30-36)47-31-46(34-28-26-33(32-52)27-29-34)53-49(54-47)35-14-4-3-5-15-35/h3-31H,1-2H3. The first-order valence-corrected chi connectivity index (χ1v) is 18.5. The van der Waals surface area contributed by atoms with E-state index in [1.54, 1.807) is 0 Å². The first-order valence-electron chi connectivity index (χ1n) is 18.5. The molecule has 1 aromatic heterocycles. The van der Waals surface area contributed by atoms with Gasteiger partial charge in [0, 0.05) is 22.1 Å². The van der Waals surface area contributed by atoms with Crippen LogP contribution in [-0.4, -0.2) is 9.97 Å². The minimum absolute atomic E-state index is 0.144. The molecule has 0 radical (unpaired) electrons. The van der Waals surface area contributed by atoms with Crippen molar-refractivity contribution in [3.63, 3.8) is 0 Å². The Kier molecular flexibility index (Phi) is 7.12. The fourth-order valence-electron chi connectivity index (χ4n) is 9.17. The summed E-state index contributed by atoms with van der Waals surface area (Å²) in [7, 11) is 0. The Balaban J connectivity index is 1.19. The maximum absolute atomic E-state index is 9.42. The van der Waals surface area contributed by atoms with Gasteiger partial charge >= 0.3 is 0 Å². The van der Waals surface area contributed by atoms with Gasteiger partial charge < -0.3 is 0 Å². The molecular formula is C51H35N3. The Morgan fingerprint density at radius 2 is 0.944 bits per heavy atom. The minimum atomic E-state index is -0.449. The third kappa shape index (κ3) is 4.60. The van der Waals surface area contributed by atoms with Crippen molar-refractivity contribution in [1.82, 2.24) is 9.97 Å². The molecule has 7 aromatic carbocycles. The summed E-state index contributed by atoms with van der Waals surface area (Å²) in [5.74, 6) is 0.659. The van der Waals surface area contributed by atoms with Crippen molar-refractivity contribution in [2.45, 2.75) is 24.7 Å². The van der Waals surface area contributed by atoms with Crippen molar-refractivity contribution in [3.05, 3.63) is 215 Å². The van der Waals surface area contributed by atoms with Crippen LogP contribution in [0.3, 0.4) is 0 Å². The van der Waals surface area contributed by atoms with Crippen molar-refractivity contribution >= 4 is 0 Å². The SMILES string of the molecule is CC1(C)c2ccccc2C2(c3ccccc3-c3c(-c4cccc(-c5cc(-c6ccc(C#N)cc6)nc(-c6ccccc6)n5)c4)cccc32)c2ccccc21. The highest BCUT2D eigenvalue weighted by Crippen LogP contribution is 2.63. The van der Waals surface area contributed by atoms with Crippen LogP contribution in [0.15, 0.2) is 176 Å². The minimum Gasteiger partial charge on any atom is -0.228 e. The van der Waals surface area contributed by atoms with Crippen molar-refractivity contribution < 1.29 is 0 Å². The normalized spacial score (nSPS) is 14.0. The molecule has 0 amide bonds. The van der Waals surface area contributed by atoms with Gasteiger partial charge in [-0.1, -0.05) is 166 Å². The molecule has 0 unspecified atom stereocenters. The van der Waals surface area contributed by atoms with Crippen LogP contribution >= 0.6 is 0 Å². The Hall–Kier alpha value is -6.89. The van der Waals surface area contributed by atoms with E-state index in [9.17, 15) is 5.26 Å². The van der Waals surface area contributed by atoms with Gasteiger partial charge in [0.25, 0.3) is 0 Å². The van der Waals surface area contributed by atoms with Gasteiger partial charge in [-0.25, -0.2) is 9.97 Å². The van der Waals surface area contributed by atoms with Crippen molar-refractivity contribution in [3.8, 4) is 62.2 Å². The highest BCUT2D eigenvalue weighted by Gasteiger charge is 2.53. The largest absolute Gasteiger partial charge is 0.228 e. The van der Waals surface area contributed by atoms with Crippen molar-refractivity contribution in [2.75, 3.05) is 0 Å². The number of rotatable bonds is 4. The lowest BCUT2D eigenvalue weighted by Crippen LogP contribution is -2.40. The second-order valence-corrected chi connectivity index (χ2v) is 14.8. The molecule has 0 atom stereocenters. The molecule has 10 rings (SSSR count). The van der Waals surface area contributed by atoms with E-state index in [4.69, 9.17) is 9.97 Å². The molecular weight excluding hydrogens is 655 g/mol. The predicted molar refractivity (Wildman–Crippen MR) is 218 cm³/mol. The van der Waals surface area contributed by atoms with Crippen LogP contribution in [0.4, 0.5) is 0 Å². The second kappa shape index (κ2) is 12.1. The summed E-state index contributed by atoms with van der Waals surface area (Å²) < 4.78 is 0.